The molecule has 0 radical (unpaired) electrons. The molecule has 0 aliphatic heterocycles. The van der Waals surface area contributed by atoms with Gasteiger partial charge in [0, 0.05) is 22.9 Å². The molecule has 0 atom stereocenters. The number of nitrogens with zero attached hydrogens (tertiary/aromatic N) is 2. The van der Waals surface area contributed by atoms with Crippen molar-refractivity contribution in [2.24, 2.45) is 0 Å². The van der Waals surface area contributed by atoms with Gasteiger partial charge in [-0.2, -0.15) is 11.3 Å². The normalized spacial score (nSPS) is 11.3. The molecule has 0 saturated carbocycles. The summed E-state index contributed by atoms with van der Waals surface area (Å²) in [6.45, 7) is 0.591. The number of thiophene rings is 1. The molecule has 0 fully saturated rings. The van der Waals surface area contributed by atoms with E-state index in [4.69, 9.17) is 4.98 Å². The first-order valence-corrected chi connectivity index (χ1v) is 9.45. The highest BCUT2D eigenvalue weighted by Crippen LogP contribution is 2.26. The number of aromatic nitrogens is 4. The number of anilines is 1. The van der Waals surface area contributed by atoms with Crippen LogP contribution in [0, 0.1) is 0 Å². The molecule has 0 spiro atoms. The van der Waals surface area contributed by atoms with E-state index >= 15 is 0 Å². The number of H-pyrrole nitrogens is 2. The lowest BCUT2D eigenvalue weighted by molar-refractivity contribution is 1.11. The Labute approximate surface area is 157 Å². The van der Waals surface area contributed by atoms with Crippen molar-refractivity contribution in [1.29, 1.82) is 0 Å². The van der Waals surface area contributed by atoms with Gasteiger partial charge in [0.15, 0.2) is 5.82 Å². The number of benzene rings is 2. The van der Waals surface area contributed by atoms with Crippen molar-refractivity contribution in [2.45, 2.75) is 6.54 Å². The largest absolute Gasteiger partial charge is 0.365 e. The third-order valence-electron chi connectivity index (χ3n) is 4.42. The van der Waals surface area contributed by atoms with E-state index in [0.29, 0.717) is 12.4 Å². The average molecular weight is 373 g/mol. The van der Waals surface area contributed by atoms with Crippen molar-refractivity contribution in [2.75, 3.05) is 5.32 Å². The van der Waals surface area contributed by atoms with E-state index in [1.807, 2.05) is 59.3 Å². The number of imidazole rings is 1. The predicted molar refractivity (Wildman–Crippen MR) is 109 cm³/mol. The highest BCUT2D eigenvalue weighted by molar-refractivity contribution is 7.08. The van der Waals surface area contributed by atoms with Gasteiger partial charge in [0.25, 0.3) is 0 Å². The summed E-state index contributed by atoms with van der Waals surface area (Å²) in [5.41, 5.74) is 4.37. The Balaban J connectivity index is 1.52. The summed E-state index contributed by atoms with van der Waals surface area (Å²) in [4.78, 5) is 26.4. The van der Waals surface area contributed by atoms with Gasteiger partial charge in [-0.05, 0) is 41.3 Å². The van der Waals surface area contributed by atoms with Crippen LogP contribution in [0.5, 0.6) is 0 Å². The number of nitrogens with one attached hydrogen (secondary N) is 3. The summed E-state index contributed by atoms with van der Waals surface area (Å²) < 4.78 is 0. The molecule has 0 amide bonds. The second-order valence-corrected chi connectivity index (χ2v) is 7.02. The standard InChI is InChI=1S/C20H15N5OS/c26-20-23-16-6-5-12(9-17(16)24-20)10-21-19-14-3-1-2-4-15(14)22-18(25-19)13-7-8-27-11-13/h1-9,11H,10H2,(H,21,22,25)(H2,23,24,26). The maximum absolute atomic E-state index is 11.4. The molecule has 27 heavy (non-hydrogen) atoms. The van der Waals surface area contributed by atoms with E-state index in [0.717, 1.165) is 38.9 Å². The average Bonchev–Trinajstić information content (AvgIpc) is 3.34. The Morgan fingerprint density at radius 2 is 1.89 bits per heavy atom. The molecule has 0 saturated heterocycles. The van der Waals surface area contributed by atoms with E-state index in [9.17, 15) is 4.79 Å². The highest BCUT2D eigenvalue weighted by Gasteiger charge is 2.10. The molecule has 3 aromatic heterocycles. The first-order chi connectivity index (χ1) is 13.3. The van der Waals surface area contributed by atoms with Crippen LogP contribution >= 0.6 is 11.3 Å². The third kappa shape index (κ3) is 2.98. The van der Waals surface area contributed by atoms with Gasteiger partial charge in [-0.25, -0.2) is 14.8 Å². The number of hydrogen-bond acceptors (Lipinski definition) is 5. The Hall–Kier alpha value is -3.45. The van der Waals surface area contributed by atoms with Crippen molar-refractivity contribution in [3.63, 3.8) is 0 Å². The zero-order valence-corrected chi connectivity index (χ0v) is 15.0. The van der Waals surface area contributed by atoms with Crippen molar-refractivity contribution in [1.82, 2.24) is 19.9 Å². The lowest BCUT2D eigenvalue weighted by Gasteiger charge is -2.11. The van der Waals surface area contributed by atoms with E-state index < -0.39 is 0 Å². The van der Waals surface area contributed by atoms with E-state index in [-0.39, 0.29) is 5.69 Å². The Kier molecular flexibility index (Phi) is 3.72. The second kappa shape index (κ2) is 6.37. The SMILES string of the molecule is O=c1[nH]c2ccc(CNc3nc(-c4ccsc4)nc4ccccc34)cc2[nH]1. The maximum atomic E-state index is 11.4. The summed E-state index contributed by atoms with van der Waals surface area (Å²) in [6, 6.07) is 15.8. The van der Waals surface area contributed by atoms with Gasteiger partial charge < -0.3 is 15.3 Å². The van der Waals surface area contributed by atoms with Gasteiger partial charge in [-0.3, -0.25) is 0 Å². The molecule has 3 N–H and O–H groups in total. The Bertz CT molecular complexity index is 1300. The Morgan fingerprint density at radius 1 is 1.00 bits per heavy atom. The molecule has 0 aliphatic carbocycles. The summed E-state index contributed by atoms with van der Waals surface area (Å²) >= 11 is 1.63. The third-order valence-corrected chi connectivity index (χ3v) is 5.11. The summed E-state index contributed by atoms with van der Waals surface area (Å²) in [6.07, 6.45) is 0. The van der Waals surface area contributed by atoms with Gasteiger partial charge in [0.2, 0.25) is 0 Å². The number of hydrogen-bond donors (Lipinski definition) is 3. The van der Waals surface area contributed by atoms with Crippen LogP contribution < -0.4 is 11.0 Å². The number of rotatable bonds is 4. The molecular formula is C20H15N5OS. The molecule has 3 heterocycles. The molecule has 0 aliphatic rings. The Morgan fingerprint density at radius 3 is 2.78 bits per heavy atom. The van der Waals surface area contributed by atoms with Crippen LogP contribution in [-0.4, -0.2) is 19.9 Å². The van der Waals surface area contributed by atoms with E-state index in [2.05, 4.69) is 20.3 Å². The minimum absolute atomic E-state index is 0.197. The van der Waals surface area contributed by atoms with Crippen LogP contribution in [0.15, 0.2) is 64.1 Å². The number of aromatic amines is 2. The van der Waals surface area contributed by atoms with Gasteiger partial charge >= 0.3 is 5.69 Å². The number of fused-ring (bicyclic) bond motifs is 2. The lowest BCUT2D eigenvalue weighted by atomic mass is 10.2. The zero-order valence-electron chi connectivity index (χ0n) is 14.2. The highest BCUT2D eigenvalue weighted by atomic mass is 32.1. The van der Waals surface area contributed by atoms with Crippen LogP contribution in [0.2, 0.25) is 0 Å². The van der Waals surface area contributed by atoms with Gasteiger partial charge in [-0.1, -0.05) is 18.2 Å². The van der Waals surface area contributed by atoms with Crippen molar-refractivity contribution in [3.05, 3.63) is 75.3 Å². The smallest absolute Gasteiger partial charge is 0.323 e. The molecule has 0 bridgehead atoms. The quantitative estimate of drug-likeness (QED) is 0.442. The van der Waals surface area contributed by atoms with Crippen molar-refractivity contribution in [3.8, 4) is 11.4 Å². The molecule has 5 rings (SSSR count). The topological polar surface area (TPSA) is 86.5 Å². The van der Waals surface area contributed by atoms with Crippen LogP contribution in [0.4, 0.5) is 5.82 Å². The molecule has 5 aromatic rings. The van der Waals surface area contributed by atoms with Gasteiger partial charge in [-0.15, -0.1) is 0 Å². The fourth-order valence-electron chi connectivity index (χ4n) is 3.11. The zero-order chi connectivity index (χ0) is 18.2. The van der Waals surface area contributed by atoms with Crippen LogP contribution in [0.3, 0.4) is 0 Å². The second-order valence-electron chi connectivity index (χ2n) is 6.24. The van der Waals surface area contributed by atoms with Crippen LogP contribution in [-0.2, 0) is 6.54 Å². The first-order valence-electron chi connectivity index (χ1n) is 8.50. The minimum Gasteiger partial charge on any atom is -0.365 e. The predicted octanol–water partition coefficient (Wildman–Crippen LogP) is 4.14. The summed E-state index contributed by atoms with van der Waals surface area (Å²) in [5, 5.41) is 8.47. The molecule has 6 nitrogen and oxygen atoms in total. The van der Waals surface area contributed by atoms with Crippen LogP contribution in [0.25, 0.3) is 33.3 Å². The fourth-order valence-corrected chi connectivity index (χ4v) is 3.74. The monoisotopic (exact) mass is 373 g/mol. The molecule has 2 aromatic carbocycles. The van der Waals surface area contributed by atoms with E-state index in [1.165, 1.54) is 0 Å². The van der Waals surface area contributed by atoms with Gasteiger partial charge in [0.05, 0.1) is 16.6 Å². The van der Waals surface area contributed by atoms with E-state index in [1.54, 1.807) is 11.3 Å². The fraction of sp³-hybridized carbons (Fsp3) is 0.0500. The molecular weight excluding hydrogens is 358 g/mol. The minimum atomic E-state index is -0.197. The van der Waals surface area contributed by atoms with Crippen LogP contribution in [0.1, 0.15) is 5.56 Å². The maximum Gasteiger partial charge on any atom is 0.323 e. The van der Waals surface area contributed by atoms with Crippen molar-refractivity contribution >= 4 is 39.1 Å². The molecule has 7 heteroatoms. The van der Waals surface area contributed by atoms with Gasteiger partial charge in [0.1, 0.15) is 5.82 Å². The lowest BCUT2D eigenvalue weighted by Crippen LogP contribution is -2.04. The first kappa shape index (κ1) is 15.8. The van der Waals surface area contributed by atoms with Crippen molar-refractivity contribution < 1.29 is 0 Å². The molecule has 0 unspecified atom stereocenters. The summed E-state index contributed by atoms with van der Waals surface area (Å²) in [7, 11) is 0. The number of para-hydroxylation sites is 1. The summed E-state index contributed by atoms with van der Waals surface area (Å²) in [5.74, 6) is 1.51. The molecule has 132 valence electrons.